The average Bonchev–Trinajstić information content (AvgIpc) is 2.98. The van der Waals surface area contributed by atoms with Crippen molar-refractivity contribution in [3.8, 4) is 0 Å². The van der Waals surface area contributed by atoms with Crippen molar-refractivity contribution in [3.63, 3.8) is 0 Å². The summed E-state index contributed by atoms with van der Waals surface area (Å²) in [6.07, 6.45) is 0.374. The molecule has 1 aliphatic rings. The zero-order valence-electron chi connectivity index (χ0n) is 12.7. The minimum Gasteiger partial charge on any atom is -0.361 e. The summed E-state index contributed by atoms with van der Waals surface area (Å²) in [5, 5.41) is 4.32. The van der Waals surface area contributed by atoms with E-state index in [9.17, 15) is 14.4 Å². The first kappa shape index (κ1) is 15.0. The van der Waals surface area contributed by atoms with Gasteiger partial charge in [0.25, 0.3) is 11.8 Å². The van der Waals surface area contributed by atoms with Gasteiger partial charge in [0.1, 0.15) is 5.76 Å². The Balaban J connectivity index is 1.65. The normalized spacial score (nSPS) is 13.4. The number of hydrogen-bond donors (Lipinski definition) is 0. The van der Waals surface area contributed by atoms with Crippen molar-refractivity contribution in [2.45, 2.75) is 26.7 Å². The topological polar surface area (TPSA) is 89.7 Å². The number of aromatic nitrogens is 1. The molecular formula is C16H14N2O5. The molecule has 118 valence electrons. The van der Waals surface area contributed by atoms with Gasteiger partial charge in [-0.25, -0.2) is 4.79 Å². The van der Waals surface area contributed by atoms with Crippen molar-refractivity contribution in [2.75, 3.05) is 0 Å². The van der Waals surface area contributed by atoms with Gasteiger partial charge in [0, 0.05) is 5.56 Å². The van der Waals surface area contributed by atoms with Crippen LogP contribution in [0.4, 0.5) is 0 Å². The standard InChI is InChI=1S/C16H14N2O5/c1-9-11(10(2)22-17-9)7-8-14(19)23-18-15(20)12-5-3-4-6-13(12)16(18)21/h3-6H,7-8H2,1-2H3. The largest absolute Gasteiger partial charge is 0.361 e. The van der Waals surface area contributed by atoms with E-state index < -0.39 is 17.8 Å². The Hall–Kier alpha value is -2.96. The lowest BCUT2D eigenvalue weighted by molar-refractivity contribution is -0.168. The second kappa shape index (κ2) is 5.68. The summed E-state index contributed by atoms with van der Waals surface area (Å²) in [5.41, 5.74) is 1.99. The van der Waals surface area contributed by atoms with Crippen LogP contribution in [0.5, 0.6) is 0 Å². The van der Waals surface area contributed by atoms with Gasteiger partial charge in [-0.3, -0.25) is 9.59 Å². The molecule has 0 N–H and O–H groups in total. The molecule has 0 aliphatic carbocycles. The minimum atomic E-state index is -0.667. The number of hydrogen-bond acceptors (Lipinski definition) is 6. The van der Waals surface area contributed by atoms with Gasteiger partial charge >= 0.3 is 5.97 Å². The lowest BCUT2D eigenvalue weighted by atomic mass is 10.1. The van der Waals surface area contributed by atoms with E-state index in [0.29, 0.717) is 22.9 Å². The fourth-order valence-corrected chi connectivity index (χ4v) is 2.48. The predicted molar refractivity (Wildman–Crippen MR) is 77.3 cm³/mol. The Bertz CT molecular complexity index is 754. The number of aryl methyl sites for hydroxylation is 2. The smallest absolute Gasteiger partial charge is 0.333 e. The fraction of sp³-hybridized carbons (Fsp3) is 0.250. The second-order valence-electron chi connectivity index (χ2n) is 5.22. The van der Waals surface area contributed by atoms with Gasteiger partial charge in [0.15, 0.2) is 0 Å². The highest BCUT2D eigenvalue weighted by Gasteiger charge is 2.38. The van der Waals surface area contributed by atoms with Crippen LogP contribution >= 0.6 is 0 Å². The molecule has 2 heterocycles. The van der Waals surface area contributed by atoms with Crippen LogP contribution in [0.2, 0.25) is 0 Å². The third kappa shape index (κ3) is 2.61. The summed E-state index contributed by atoms with van der Waals surface area (Å²) in [4.78, 5) is 41.1. The van der Waals surface area contributed by atoms with E-state index in [2.05, 4.69) is 5.16 Å². The minimum absolute atomic E-state index is 0.0102. The van der Waals surface area contributed by atoms with Crippen molar-refractivity contribution < 1.29 is 23.7 Å². The van der Waals surface area contributed by atoms with Crippen LogP contribution in [0.25, 0.3) is 0 Å². The van der Waals surface area contributed by atoms with E-state index in [-0.39, 0.29) is 17.5 Å². The zero-order valence-corrected chi connectivity index (χ0v) is 12.7. The molecule has 1 aromatic heterocycles. The van der Waals surface area contributed by atoms with Crippen molar-refractivity contribution in [3.05, 3.63) is 52.4 Å². The summed E-state index contributed by atoms with van der Waals surface area (Å²) >= 11 is 0. The number of hydroxylamine groups is 2. The summed E-state index contributed by atoms with van der Waals surface area (Å²) in [6, 6.07) is 6.33. The number of amides is 2. The summed E-state index contributed by atoms with van der Waals surface area (Å²) in [6.45, 7) is 3.53. The summed E-state index contributed by atoms with van der Waals surface area (Å²) in [5.74, 6) is -1.29. The molecular weight excluding hydrogens is 300 g/mol. The van der Waals surface area contributed by atoms with Crippen molar-refractivity contribution in [1.82, 2.24) is 10.2 Å². The van der Waals surface area contributed by atoms with Crippen molar-refractivity contribution in [1.29, 1.82) is 0 Å². The molecule has 1 aromatic carbocycles. The van der Waals surface area contributed by atoms with Crippen LogP contribution in [-0.4, -0.2) is 28.0 Å². The van der Waals surface area contributed by atoms with Crippen molar-refractivity contribution >= 4 is 17.8 Å². The van der Waals surface area contributed by atoms with Gasteiger partial charge in [-0.05, 0) is 32.4 Å². The van der Waals surface area contributed by atoms with E-state index in [1.807, 2.05) is 0 Å². The van der Waals surface area contributed by atoms with Gasteiger partial charge in [0.2, 0.25) is 0 Å². The Morgan fingerprint density at radius 2 is 1.78 bits per heavy atom. The number of nitrogens with zero attached hydrogens (tertiary/aromatic N) is 2. The van der Waals surface area contributed by atoms with Gasteiger partial charge in [0.05, 0.1) is 23.2 Å². The van der Waals surface area contributed by atoms with E-state index in [0.717, 1.165) is 5.56 Å². The molecule has 23 heavy (non-hydrogen) atoms. The van der Waals surface area contributed by atoms with E-state index in [4.69, 9.17) is 9.36 Å². The Kier molecular flexibility index (Phi) is 3.69. The Morgan fingerprint density at radius 3 is 2.30 bits per heavy atom. The molecule has 1 aliphatic heterocycles. The van der Waals surface area contributed by atoms with Gasteiger partial charge < -0.3 is 9.36 Å². The molecule has 0 radical (unpaired) electrons. The van der Waals surface area contributed by atoms with Crippen molar-refractivity contribution in [2.24, 2.45) is 0 Å². The number of fused-ring (bicyclic) bond motifs is 1. The van der Waals surface area contributed by atoms with E-state index >= 15 is 0 Å². The third-order valence-corrected chi connectivity index (χ3v) is 3.71. The summed E-state index contributed by atoms with van der Waals surface area (Å²) in [7, 11) is 0. The number of imide groups is 1. The monoisotopic (exact) mass is 314 g/mol. The van der Waals surface area contributed by atoms with E-state index in [1.54, 1.807) is 26.0 Å². The van der Waals surface area contributed by atoms with Gasteiger partial charge in [-0.1, -0.05) is 22.4 Å². The first-order valence-electron chi connectivity index (χ1n) is 7.09. The first-order chi connectivity index (χ1) is 11.0. The molecule has 0 bridgehead atoms. The molecule has 0 saturated carbocycles. The number of carbonyl (C=O) groups excluding carboxylic acids is 3. The highest BCUT2D eigenvalue weighted by Crippen LogP contribution is 2.23. The van der Waals surface area contributed by atoms with Crippen LogP contribution in [-0.2, 0) is 16.1 Å². The maximum absolute atomic E-state index is 12.1. The van der Waals surface area contributed by atoms with Crippen LogP contribution in [0.1, 0.15) is 44.2 Å². The summed E-state index contributed by atoms with van der Waals surface area (Å²) < 4.78 is 5.02. The maximum atomic E-state index is 12.1. The molecule has 7 heteroatoms. The zero-order chi connectivity index (χ0) is 16.6. The fourth-order valence-electron chi connectivity index (χ4n) is 2.48. The van der Waals surface area contributed by atoms with Crippen LogP contribution < -0.4 is 0 Å². The quantitative estimate of drug-likeness (QED) is 0.802. The Morgan fingerprint density at radius 1 is 1.17 bits per heavy atom. The predicted octanol–water partition coefficient (Wildman–Crippen LogP) is 1.98. The lowest BCUT2D eigenvalue weighted by Crippen LogP contribution is -2.32. The Labute approximate surface area is 131 Å². The number of benzene rings is 1. The highest BCUT2D eigenvalue weighted by atomic mass is 16.7. The molecule has 2 aromatic rings. The first-order valence-corrected chi connectivity index (χ1v) is 7.09. The molecule has 2 amide bonds. The second-order valence-corrected chi connectivity index (χ2v) is 5.22. The lowest BCUT2D eigenvalue weighted by Gasteiger charge is -2.12. The third-order valence-electron chi connectivity index (χ3n) is 3.71. The van der Waals surface area contributed by atoms with Crippen LogP contribution in [0.15, 0.2) is 28.8 Å². The van der Waals surface area contributed by atoms with Gasteiger partial charge in [-0.2, -0.15) is 0 Å². The SMILES string of the molecule is Cc1noc(C)c1CCC(=O)ON1C(=O)c2ccccc2C1=O. The van der Waals surface area contributed by atoms with Crippen LogP contribution in [0, 0.1) is 13.8 Å². The molecule has 0 atom stereocenters. The molecule has 0 fully saturated rings. The molecule has 3 rings (SSSR count). The average molecular weight is 314 g/mol. The highest BCUT2D eigenvalue weighted by molar-refractivity contribution is 6.20. The van der Waals surface area contributed by atoms with E-state index in [1.165, 1.54) is 12.1 Å². The van der Waals surface area contributed by atoms with Crippen LogP contribution in [0.3, 0.4) is 0 Å². The molecule has 0 spiro atoms. The molecule has 0 saturated heterocycles. The molecule has 7 nitrogen and oxygen atoms in total. The van der Waals surface area contributed by atoms with Gasteiger partial charge in [-0.15, -0.1) is 0 Å². The maximum Gasteiger partial charge on any atom is 0.333 e. The molecule has 0 unspecified atom stereocenters. The number of rotatable bonds is 4. The number of carbonyl (C=O) groups is 3.